The van der Waals surface area contributed by atoms with Crippen molar-refractivity contribution >= 4 is 12.1 Å². The molecule has 1 aromatic carbocycles. The van der Waals surface area contributed by atoms with Crippen molar-refractivity contribution in [2.75, 3.05) is 21.2 Å². The highest BCUT2D eigenvalue weighted by molar-refractivity contribution is 5.73. The molecule has 4 aliphatic rings. The maximum atomic E-state index is 14.3. The molecule has 0 aliphatic carbocycles. The van der Waals surface area contributed by atoms with Gasteiger partial charge in [-0.05, 0) is 79.6 Å². The fourth-order valence-electron chi connectivity index (χ4n) is 9.74. The van der Waals surface area contributed by atoms with Crippen molar-refractivity contribution in [2.45, 2.75) is 180 Å². The predicted molar refractivity (Wildman–Crippen MR) is 218 cm³/mol. The monoisotopic (exact) mass is 833 g/mol. The van der Waals surface area contributed by atoms with E-state index in [4.69, 9.17) is 42.6 Å². The maximum Gasteiger partial charge on any atom is 0.509 e. The lowest BCUT2D eigenvalue weighted by molar-refractivity contribution is -0.317. The third-order valence-electron chi connectivity index (χ3n) is 13.3. The largest absolute Gasteiger partial charge is 0.509 e. The second-order valence-electron chi connectivity index (χ2n) is 18.2. The van der Waals surface area contributed by atoms with E-state index in [1.54, 1.807) is 13.8 Å². The fourth-order valence-corrected chi connectivity index (χ4v) is 9.74. The number of aliphatic hydroxyl groups excluding tert-OH is 2. The lowest BCUT2D eigenvalue weighted by atomic mass is 9.79. The first kappa shape index (κ1) is 47.2. The first-order chi connectivity index (χ1) is 27.7. The highest BCUT2D eigenvalue weighted by Gasteiger charge is 2.55. The molecular formula is C45H71NO13. The Morgan fingerprint density at radius 3 is 2.24 bits per heavy atom. The number of aliphatic hydroxyl groups is 2. The zero-order chi connectivity index (χ0) is 43.6. The molecule has 4 aliphatic heterocycles. The van der Waals surface area contributed by atoms with Crippen LogP contribution >= 0.6 is 0 Å². The van der Waals surface area contributed by atoms with Gasteiger partial charge < -0.3 is 57.7 Å². The highest BCUT2D eigenvalue weighted by Crippen LogP contribution is 2.47. The van der Waals surface area contributed by atoms with Gasteiger partial charge in [-0.1, -0.05) is 58.0 Å². The summed E-state index contributed by atoms with van der Waals surface area (Å²) >= 11 is 0. The van der Waals surface area contributed by atoms with Gasteiger partial charge in [-0.2, -0.15) is 0 Å². The lowest BCUT2D eigenvalue weighted by Gasteiger charge is -2.49. The van der Waals surface area contributed by atoms with Gasteiger partial charge in [0.25, 0.3) is 0 Å². The minimum absolute atomic E-state index is 0.0419. The number of cyclic esters (lactones) is 1. The summed E-state index contributed by atoms with van der Waals surface area (Å²) in [6.07, 6.45) is -7.10. The summed E-state index contributed by atoms with van der Waals surface area (Å²) in [7, 11) is 5.38. The van der Waals surface area contributed by atoms with E-state index in [1.165, 1.54) is 7.11 Å². The molecule has 0 saturated carbocycles. The molecule has 2 N–H and O–H groups in total. The van der Waals surface area contributed by atoms with E-state index in [0.29, 0.717) is 25.0 Å². The van der Waals surface area contributed by atoms with Crippen LogP contribution in [0.1, 0.15) is 100 Å². The van der Waals surface area contributed by atoms with E-state index >= 15 is 0 Å². The minimum Gasteiger partial charge on any atom is -0.489 e. The van der Waals surface area contributed by atoms with Crippen LogP contribution in [0.5, 0.6) is 0 Å². The second-order valence-corrected chi connectivity index (χ2v) is 18.2. The van der Waals surface area contributed by atoms with Gasteiger partial charge in [-0.25, -0.2) is 4.79 Å². The average molecular weight is 834 g/mol. The number of likely N-dealkylation sites (N-methyl/N-ethyl adjacent to an activating group) is 1. The van der Waals surface area contributed by atoms with Crippen LogP contribution in [-0.4, -0.2) is 127 Å². The molecule has 3 fully saturated rings. The number of methoxy groups -OCH3 is 1. The summed E-state index contributed by atoms with van der Waals surface area (Å²) in [6.45, 7) is 19.0. The van der Waals surface area contributed by atoms with Crippen molar-refractivity contribution in [3.63, 3.8) is 0 Å². The number of carbonyl (C=O) groups excluding carboxylic acids is 2. The molecular weight excluding hydrogens is 762 g/mol. The molecule has 5 rings (SSSR count). The molecule has 17 atom stereocenters. The summed E-state index contributed by atoms with van der Waals surface area (Å²) in [5.41, 5.74) is -0.322. The molecule has 0 radical (unpaired) electrons. The zero-order valence-electron chi connectivity index (χ0n) is 37.4. The fraction of sp³-hybridized carbons (Fsp3) is 0.778. The van der Waals surface area contributed by atoms with Gasteiger partial charge in [-0.3, -0.25) is 4.79 Å². The molecule has 0 unspecified atom stereocenters. The van der Waals surface area contributed by atoms with Crippen LogP contribution in [0.3, 0.4) is 0 Å². The van der Waals surface area contributed by atoms with Gasteiger partial charge in [-0.15, -0.1) is 0 Å². The Morgan fingerprint density at radius 2 is 1.61 bits per heavy atom. The Labute approximate surface area is 351 Å². The molecule has 14 heteroatoms. The third kappa shape index (κ3) is 10.5. The van der Waals surface area contributed by atoms with Crippen molar-refractivity contribution in [2.24, 2.45) is 23.7 Å². The van der Waals surface area contributed by atoms with Gasteiger partial charge >= 0.3 is 12.1 Å². The normalized spacial score (nSPS) is 42.2. The van der Waals surface area contributed by atoms with E-state index in [1.807, 2.05) is 105 Å². The number of hydrogen-bond donors (Lipinski definition) is 2. The molecule has 4 heterocycles. The number of benzene rings is 1. The number of hydrogen-bond acceptors (Lipinski definition) is 14. The van der Waals surface area contributed by atoms with Gasteiger partial charge in [0.2, 0.25) is 0 Å². The van der Waals surface area contributed by atoms with Crippen LogP contribution in [0.15, 0.2) is 41.7 Å². The van der Waals surface area contributed by atoms with Gasteiger partial charge in [0.05, 0.1) is 30.3 Å². The molecule has 14 nitrogen and oxygen atoms in total. The Kier molecular flexibility index (Phi) is 15.6. The van der Waals surface area contributed by atoms with Crippen molar-refractivity contribution in [3.05, 3.63) is 47.2 Å². The number of esters is 1. The summed E-state index contributed by atoms with van der Waals surface area (Å²) in [6, 6.07) is 9.08. The molecule has 0 spiro atoms. The number of fused-ring (bicyclic) bond motifs is 2. The summed E-state index contributed by atoms with van der Waals surface area (Å²) in [5, 5.41) is 23.4. The Hall–Kier alpha value is -2.82. The van der Waals surface area contributed by atoms with E-state index in [-0.39, 0.29) is 25.2 Å². The predicted octanol–water partition coefficient (Wildman–Crippen LogP) is 6.14. The first-order valence-electron chi connectivity index (χ1n) is 21.4. The van der Waals surface area contributed by atoms with E-state index in [9.17, 15) is 19.8 Å². The first-order valence-corrected chi connectivity index (χ1v) is 21.4. The molecule has 334 valence electrons. The Morgan fingerprint density at radius 1 is 0.932 bits per heavy atom. The van der Waals surface area contributed by atoms with Crippen LogP contribution in [-0.2, 0) is 54.0 Å². The van der Waals surface area contributed by atoms with Crippen molar-refractivity contribution < 1.29 is 62.4 Å². The molecule has 3 saturated heterocycles. The van der Waals surface area contributed by atoms with Gasteiger partial charge in [0.1, 0.15) is 41.9 Å². The SMILES string of the molecule is CC[C@H]1OC(=O)[C@H](C)[C@@H](O[C@H]2C[C@@](C)(OC)[C@@H](OC(=O)OCc3ccccc3)[C@H](C)O2)[C@H](C)[C@@H](O[C@@H]2O[C@H](C)C[C@H](N(C)C)[C@H]2O)[C@]2(C)CC(C)=C(O2)[C@H](C)[C@@H](O)[C@@H]1C. The second kappa shape index (κ2) is 19.5. The van der Waals surface area contributed by atoms with E-state index < -0.39 is 102 Å². The Balaban J connectivity index is 1.49. The topological polar surface area (TPSA) is 161 Å². The van der Waals surface area contributed by atoms with Crippen LogP contribution in [0.2, 0.25) is 0 Å². The van der Waals surface area contributed by atoms with Crippen LogP contribution in [0, 0.1) is 23.7 Å². The molecule has 59 heavy (non-hydrogen) atoms. The smallest absolute Gasteiger partial charge is 0.489 e. The quantitative estimate of drug-likeness (QED) is 0.259. The molecule has 2 bridgehead atoms. The summed E-state index contributed by atoms with van der Waals surface area (Å²) in [5.74, 6) is -2.13. The molecule has 0 aromatic heterocycles. The number of rotatable bonds is 10. The van der Waals surface area contributed by atoms with Crippen molar-refractivity contribution in [3.8, 4) is 0 Å². The van der Waals surface area contributed by atoms with Crippen molar-refractivity contribution in [1.29, 1.82) is 0 Å². The van der Waals surface area contributed by atoms with Gasteiger partial charge in [0, 0.05) is 43.7 Å². The minimum atomic E-state index is -1.08. The van der Waals surface area contributed by atoms with Crippen LogP contribution in [0.25, 0.3) is 0 Å². The summed E-state index contributed by atoms with van der Waals surface area (Å²) in [4.78, 5) is 29.3. The van der Waals surface area contributed by atoms with Crippen LogP contribution < -0.4 is 0 Å². The molecule has 0 amide bonds. The van der Waals surface area contributed by atoms with E-state index in [0.717, 1.165) is 11.1 Å². The standard InChI is InChI=1S/C45H71NO13/c1-14-33-26(4)35(47)27(5)37-24(2)21-45(10,59-37)39(57-42-36(48)32(46(11)12)20-25(3)53-42)28(6)38(29(7)41(49)55-33)56-34-22-44(9,51-13)40(30(8)54-34)58-43(50)52-23-31-18-16-15-17-19-31/h15-19,25-30,32-36,38-40,42,47-48H,14,20-23H2,1-13H3/t25-,26-,27-,28+,29-,30+,32+,33-,34+,35+,36-,38+,39-,40+,42+,44-,45+/m1/s1. The number of carbonyl (C=O) groups is 2. The zero-order valence-corrected chi connectivity index (χ0v) is 37.4. The number of ether oxygens (including phenoxy) is 9. The highest BCUT2D eigenvalue weighted by atomic mass is 16.8. The third-order valence-corrected chi connectivity index (χ3v) is 13.3. The van der Waals surface area contributed by atoms with Gasteiger partial charge in [0.15, 0.2) is 18.7 Å². The average Bonchev–Trinajstić information content (AvgIpc) is 3.52. The Bertz CT molecular complexity index is 1590. The van der Waals surface area contributed by atoms with Crippen LogP contribution in [0.4, 0.5) is 4.79 Å². The summed E-state index contributed by atoms with van der Waals surface area (Å²) < 4.78 is 57.2. The van der Waals surface area contributed by atoms with Crippen molar-refractivity contribution in [1.82, 2.24) is 4.90 Å². The molecule has 1 aromatic rings. The van der Waals surface area contributed by atoms with E-state index in [2.05, 4.69) is 0 Å². The maximum absolute atomic E-state index is 14.3. The lowest BCUT2D eigenvalue weighted by Crippen LogP contribution is -2.60. The number of nitrogens with zero attached hydrogens (tertiary/aromatic N) is 1.